The van der Waals surface area contributed by atoms with Gasteiger partial charge in [0.15, 0.2) is 18.2 Å². The maximum absolute atomic E-state index is 13.5. The van der Waals surface area contributed by atoms with E-state index in [1.165, 1.54) is 17.0 Å². The second kappa shape index (κ2) is 7.21. The summed E-state index contributed by atoms with van der Waals surface area (Å²) in [4.78, 5) is 38.6. The molecule has 1 aromatic carbocycles. The normalized spacial score (nSPS) is 19.0. The molecule has 2 aliphatic heterocycles. The fourth-order valence-electron chi connectivity index (χ4n) is 2.88. The van der Waals surface area contributed by atoms with Crippen molar-refractivity contribution in [2.45, 2.75) is 18.9 Å². The van der Waals surface area contributed by atoms with E-state index in [4.69, 9.17) is 4.74 Å². The molecule has 0 aromatic heterocycles. The number of likely N-dealkylation sites (tertiary alicyclic amines) is 1. The van der Waals surface area contributed by atoms with Gasteiger partial charge in [-0.2, -0.15) is 0 Å². The monoisotopic (exact) mass is 352 g/mol. The number of carbonyl (C=O) groups is 3. The van der Waals surface area contributed by atoms with E-state index in [-0.39, 0.29) is 41.2 Å². The Bertz CT molecular complexity index is 645. The van der Waals surface area contributed by atoms with Gasteiger partial charge in [-0.3, -0.25) is 19.3 Å². The van der Waals surface area contributed by atoms with Crippen molar-refractivity contribution < 1.29 is 23.5 Å². The van der Waals surface area contributed by atoms with Gasteiger partial charge in [0.2, 0.25) is 5.91 Å². The van der Waals surface area contributed by atoms with Crippen molar-refractivity contribution in [3.05, 3.63) is 30.1 Å². The minimum absolute atomic E-state index is 0.0472. The summed E-state index contributed by atoms with van der Waals surface area (Å²) in [5.74, 6) is -0.643. The molecule has 6 nitrogen and oxygen atoms in total. The van der Waals surface area contributed by atoms with Gasteiger partial charge < -0.3 is 9.64 Å². The maximum Gasteiger partial charge on any atom is 0.289 e. The van der Waals surface area contributed by atoms with Gasteiger partial charge in [0.25, 0.3) is 11.1 Å². The van der Waals surface area contributed by atoms with Crippen molar-refractivity contribution in [1.29, 1.82) is 0 Å². The lowest BCUT2D eigenvalue weighted by molar-refractivity contribution is -0.135. The Kier molecular flexibility index (Phi) is 5.03. The van der Waals surface area contributed by atoms with Crippen LogP contribution in [0.15, 0.2) is 24.3 Å². The summed E-state index contributed by atoms with van der Waals surface area (Å²) in [5.41, 5.74) is 0. The molecule has 2 heterocycles. The zero-order chi connectivity index (χ0) is 17.1. The number of piperidine rings is 1. The molecule has 8 heteroatoms. The van der Waals surface area contributed by atoms with Crippen LogP contribution >= 0.6 is 11.8 Å². The number of rotatable bonds is 4. The molecule has 0 bridgehead atoms. The van der Waals surface area contributed by atoms with Crippen LogP contribution in [0, 0.1) is 5.82 Å². The summed E-state index contributed by atoms with van der Waals surface area (Å²) in [6.07, 6.45) is 1.12. The lowest BCUT2D eigenvalue weighted by Gasteiger charge is -2.35. The highest BCUT2D eigenvalue weighted by atomic mass is 32.2. The van der Waals surface area contributed by atoms with Gasteiger partial charge >= 0.3 is 0 Å². The number of carbonyl (C=O) groups excluding carboxylic acids is 3. The summed E-state index contributed by atoms with van der Waals surface area (Å²) in [6, 6.07) is 5.78. The van der Waals surface area contributed by atoms with E-state index >= 15 is 0 Å². The average molecular weight is 352 g/mol. The second-order valence-corrected chi connectivity index (χ2v) is 6.58. The van der Waals surface area contributed by atoms with Crippen molar-refractivity contribution in [3.63, 3.8) is 0 Å². The van der Waals surface area contributed by atoms with Crippen LogP contribution in [0.5, 0.6) is 5.75 Å². The van der Waals surface area contributed by atoms with Crippen LogP contribution < -0.4 is 4.74 Å². The van der Waals surface area contributed by atoms with Gasteiger partial charge in [0, 0.05) is 19.1 Å². The van der Waals surface area contributed by atoms with Gasteiger partial charge in [0.05, 0.1) is 5.75 Å². The summed E-state index contributed by atoms with van der Waals surface area (Å²) < 4.78 is 18.7. The third-order valence-electron chi connectivity index (χ3n) is 4.15. The molecule has 24 heavy (non-hydrogen) atoms. The number of nitrogens with zero attached hydrogens (tertiary/aromatic N) is 2. The van der Waals surface area contributed by atoms with E-state index in [2.05, 4.69) is 0 Å². The van der Waals surface area contributed by atoms with E-state index in [1.807, 2.05) is 0 Å². The van der Waals surface area contributed by atoms with E-state index < -0.39 is 5.82 Å². The number of thioether (sulfide) groups is 1. The van der Waals surface area contributed by atoms with Crippen LogP contribution in [0.25, 0.3) is 0 Å². The Morgan fingerprint density at radius 1 is 1.25 bits per heavy atom. The summed E-state index contributed by atoms with van der Waals surface area (Å²) in [5, 5.41) is -0.201. The van der Waals surface area contributed by atoms with Crippen LogP contribution in [0.2, 0.25) is 0 Å². The number of imide groups is 1. The number of benzene rings is 1. The predicted octanol–water partition coefficient (Wildman–Crippen LogP) is 1.89. The molecule has 0 unspecified atom stereocenters. The van der Waals surface area contributed by atoms with Crippen LogP contribution in [-0.2, 0) is 9.59 Å². The van der Waals surface area contributed by atoms with Crippen LogP contribution in [0.4, 0.5) is 9.18 Å². The third kappa shape index (κ3) is 3.53. The van der Waals surface area contributed by atoms with Crippen molar-refractivity contribution in [1.82, 2.24) is 9.80 Å². The first-order chi connectivity index (χ1) is 11.6. The fourth-order valence-corrected chi connectivity index (χ4v) is 3.66. The molecule has 0 N–H and O–H groups in total. The predicted molar refractivity (Wildman–Crippen MR) is 86.2 cm³/mol. The summed E-state index contributed by atoms with van der Waals surface area (Å²) in [6.45, 7) is 0.667. The van der Waals surface area contributed by atoms with Gasteiger partial charge in [-0.05, 0) is 25.0 Å². The lowest BCUT2D eigenvalue weighted by atomic mass is 10.0. The zero-order valence-electron chi connectivity index (χ0n) is 12.9. The number of halogens is 1. The summed E-state index contributed by atoms with van der Waals surface area (Å²) >= 11 is 1.02. The Balaban J connectivity index is 1.49. The molecule has 0 saturated carbocycles. The highest BCUT2D eigenvalue weighted by Gasteiger charge is 2.37. The van der Waals surface area contributed by atoms with Crippen molar-refractivity contribution in [2.75, 3.05) is 25.4 Å². The standard InChI is InChI=1S/C16H17FN2O4S/c17-12-3-1-2-4-13(12)23-9-14(20)18-7-5-11(6-8-18)19-15(21)10-24-16(19)22/h1-4,11H,5-10H2. The molecular weight excluding hydrogens is 335 g/mol. The molecule has 1 aromatic rings. The summed E-state index contributed by atoms with van der Waals surface area (Å²) in [7, 11) is 0. The van der Waals surface area contributed by atoms with Crippen LogP contribution in [0.3, 0.4) is 0 Å². The van der Waals surface area contributed by atoms with Gasteiger partial charge in [-0.1, -0.05) is 23.9 Å². The number of hydrogen-bond donors (Lipinski definition) is 0. The van der Waals surface area contributed by atoms with Crippen LogP contribution in [-0.4, -0.2) is 58.3 Å². The van der Waals surface area contributed by atoms with E-state index in [0.29, 0.717) is 25.9 Å². The first-order valence-corrected chi connectivity index (χ1v) is 8.68. The molecule has 128 valence electrons. The smallest absolute Gasteiger partial charge is 0.289 e. The number of para-hydroxylation sites is 1. The minimum Gasteiger partial charge on any atom is -0.481 e. The maximum atomic E-state index is 13.5. The van der Waals surface area contributed by atoms with E-state index in [1.54, 1.807) is 17.0 Å². The van der Waals surface area contributed by atoms with Gasteiger partial charge in [-0.25, -0.2) is 4.39 Å². The van der Waals surface area contributed by atoms with E-state index in [9.17, 15) is 18.8 Å². The molecule has 0 atom stereocenters. The molecular formula is C16H17FN2O4S. The van der Waals surface area contributed by atoms with Crippen molar-refractivity contribution in [2.24, 2.45) is 0 Å². The first-order valence-electron chi connectivity index (χ1n) is 7.70. The fraction of sp³-hybridized carbons (Fsp3) is 0.438. The first kappa shape index (κ1) is 16.8. The van der Waals surface area contributed by atoms with Gasteiger partial charge in [0.1, 0.15) is 0 Å². The number of amides is 3. The molecule has 2 aliphatic rings. The highest BCUT2D eigenvalue weighted by Crippen LogP contribution is 2.26. The Hall–Kier alpha value is -2.09. The van der Waals surface area contributed by atoms with E-state index in [0.717, 1.165) is 11.8 Å². The van der Waals surface area contributed by atoms with Gasteiger partial charge in [-0.15, -0.1) is 0 Å². The lowest BCUT2D eigenvalue weighted by Crippen LogP contribution is -2.49. The molecule has 0 radical (unpaired) electrons. The number of ether oxygens (including phenoxy) is 1. The van der Waals surface area contributed by atoms with Crippen LogP contribution in [0.1, 0.15) is 12.8 Å². The SMILES string of the molecule is O=C(COc1ccccc1F)N1CCC(N2C(=O)CSC2=O)CC1. The molecule has 3 amide bonds. The third-order valence-corrected chi connectivity index (χ3v) is 4.99. The molecule has 3 rings (SSSR count). The largest absolute Gasteiger partial charge is 0.481 e. The quantitative estimate of drug-likeness (QED) is 0.828. The Labute approximate surface area is 142 Å². The molecule has 2 fully saturated rings. The minimum atomic E-state index is -0.507. The Morgan fingerprint density at radius 2 is 1.96 bits per heavy atom. The van der Waals surface area contributed by atoms with Crippen molar-refractivity contribution in [3.8, 4) is 5.75 Å². The number of hydrogen-bond acceptors (Lipinski definition) is 5. The highest BCUT2D eigenvalue weighted by molar-refractivity contribution is 8.14. The second-order valence-electron chi connectivity index (χ2n) is 5.65. The zero-order valence-corrected chi connectivity index (χ0v) is 13.8. The molecule has 0 aliphatic carbocycles. The molecule has 0 spiro atoms. The van der Waals surface area contributed by atoms with Crippen molar-refractivity contribution >= 4 is 28.8 Å². The molecule has 2 saturated heterocycles. The Morgan fingerprint density at radius 3 is 2.58 bits per heavy atom. The average Bonchev–Trinajstić information content (AvgIpc) is 2.93. The topological polar surface area (TPSA) is 66.9 Å².